The van der Waals surface area contributed by atoms with Gasteiger partial charge in [0.2, 0.25) is 5.91 Å². The Morgan fingerprint density at radius 2 is 1.95 bits per heavy atom. The van der Waals surface area contributed by atoms with Gasteiger partial charge in [-0.15, -0.1) is 0 Å². The second kappa shape index (κ2) is 8.19. The van der Waals surface area contributed by atoms with Crippen molar-refractivity contribution in [1.29, 1.82) is 0 Å². The number of carboxylic acids is 1. The average molecular weight is 279 g/mol. The Morgan fingerprint density at radius 3 is 2.60 bits per heavy atom. The van der Waals surface area contributed by atoms with Crippen molar-refractivity contribution in [2.75, 3.05) is 11.9 Å². The van der Waals surface area contributed by atoms with Crippen LogP contribution in [0.3, 0.4) is 0 Å². The van der Waals surface area contributed by atoms with Crippen LogP contribution in [0, 0.1) is 6.92 Å². The maximum Gasteiger partial charge on any atom is 0.303 e. The predicted octanol–water partition coefficient (Wildman–Crippen LogP) is 2.98. The van der Waals surface area contributed by atoms with E-state index >= 15 is 0 Å². The van der Waals surface area contributed by atoms with E-state index < -0.39 is 5.97 Å². The highest BCUT2D eigenvalue weighted by Crippen LogP contribution is 2.26. The SMILES string of the molecule is CCOc1cc(C)ccc1NC(=O)CCCCC(=O)O. The number of anilines is 1. The standard InChI is InChI=1S/C15H21NO4/c1-3-20-13-10-11(2)8-9-12(13)16-14(17)6-4-5-7-15(18)19/h8-10H,3-7H2,1-2H3,(H,16,17)(H,18,19). The topological polar surface area (TPSA) is 75.6 Å². The van der Waals surface area contributed by atoms with Crippen molar-refractivity contribution >= 4 is 17.6 Å². The highest BCUT2D eigenvalue weighted by Gasteiger charge is 2.08. The number of carbonyl (C=O) groups is 2. The van der Waals surface area contributed by atoms with E-state index in [0.717, 1.165) is 5.56 Å². The molecular formula is C15H21NO4. The summed E-state index contributed by atoms with van der Waals surface area (Å²) in [6.07, 6.45) is 1.48. The van der Waals surface area contributed by atoms with Crippen LogP contribution >= 0.6 is 0 Å². The molecule has 1 amide bonds. The number of carbonyl (C=O) groups excluding carboxylic acids is 1. The molecule has 5 heteroatoms. The van der Waals surface area contributed by atoms with Gasteiger partial charge in [0.05, 0.1) is 12.3 Å². The summed E-state index contributed by atoms with van der Waals surface area (Å²) in [5.41, 5.74) is 1.72. The number of aliphatic carboxylic acids is 1. The number of aryl methyl sites for hydroxylation is 1. The van der Waals surface area contributed by atoms with Gasteiger partial charge in [-0.25, -0.2) is 0 Å². The Bertz CT molecular complexity index is 471. The smallest absolute Gasteiger partial charge is 0.303 e. The van der Waals surface area contributed by atoms with Gasteiger partial charge in [-0.2, -0.15) is 0 Å². The van der Waals surface area contributed by atoms with E-state index in [2.05, 4.69) is 5.32 Å². The van der Waals surface area contributed by atoms with Gasteiger partial charge in [-0.05, 0) is 44.4 Å². The zero-order valence-electron chi connectivity index (χ0n) is 11.9. The molecule has 1 aromatic carbocycles. The number of hydrogen-bond donors (Lipinski definition) is 2. The molecule has 110 valence electrons. The van der Waals surface area contributed by atoms with E-state index in [0.29, 0.717) is 37.3 Å². The summed E-state index contributed by atoms with van der Waals surface area (Å²) in [5, 5.41) is 11.3. The zero-order valence-corrected chi connectivity index (χ0v) is 11.9. The van der Waals surface area contributed by atoms with Crippen molar-refractivity contribution in [3.63, 3.8) is 0 Å². The van der Waals surface area contributed by atoms with Gasteiger partial charge in [-0.3, -0.25) is 9.59 Å². The first-order valence-corrected chi connectivity index (χ1v) is 6.78. The number of carboxylic acid groups (broad SMARTS) is 1. The van der Waals surface area contributed by atoms with Crippen LogP contribution in [-0.4, -0.2) is 23.6 Å². The molecule has 0 fully saturated rings. The summed E-state index contributed by atoms with van der Waals surface area (Å²) < 4.78 is 5.48. The molecule has 0 aromatic heterocycles. The third-order valence-electron chi connectivity index (χ3n) is 2.76. The Labute approximate surface area is 118 Å². The molecule has 5 nitrogen and oxygen atoms in total. The summed E-state index contributed by atoms with van der Waals surface area (Å²) >= 11 is 0. The van der Waals surface area contributed by atoms with Crippen LogP contribution in [0.25, 0.3) is 0 Å². The van der Waals surface area contributed by atoms with Gasteiger partial charge in [0.25, 0.3) is 0 Å². The lowest BCUT2D eigenvalue weighted by Crippen LogP contribution is -2.12. The Hall–Kier alpha value is -2.04. The zero-order chi connectivity index (χ0) is 15.0. The summed E-state index contributed by atoms with van der Waals surface area (Å²) in [6.45, 7) is 4.38. The van der Waals surface area contributed by atoms with Gasteiger partial charge in [-0.1, -0.05) is 6.07 Å². The minimum Gasteiger partial charge on any atom is -0.492 e. The molecule has 2 N–H and O–H groups in total. The van der Waals surface area contributed by atoms with Crippen LogP contribution < -0.4 is 10.1 Å². The lowest BCUT2D eigenvalue weighted by Gasteiger charge is -2.12. The van der Waals surface area contributed by atoms with E-state index in [-0.39, 0.29) is 12.3 Å². The number of hydrogen-bond acceptors (Lipinski definition) is 3. The van der Waals surface area contributed by atoms with Crippen molar-refractivity contribution in [3.05, 3.63) is 23.8 Å². The molecule has 20 heavy (non-hydrogen) atoms. The molecule has 0 aliphatic carbocycles. The molecule has 0 bridgehead atoms. The van der Waals surface area contributed by atoms with Gasteiger partial charge in [0.1, 0.15) is 5.75 Å². The lowest BCUT2D eigenvalue weighted by atomic mass is 10.1. The number of benzene rings is 1. The lowest BCUT2D eigenvalue weighted by molar-refractivity contribution is -0.137. The summed E-state index contributed by atoms with van der Waals surface area (Å²) in [7, 11) is 0. The van der Waals surface area contributed by atoms with E-state index in [1.165, 1.54) is 0 Å². The molecule has 1 rings (SSSR count). The van der Waals surface area contributed by atoms with E-state index in [4.69, 9.17) is 9.84 Å². The van der Waals surface area contributed by atoms with E-state index in [9.17, 15) is 9.59 Å². The number of ether oxygens (including phenoxy) is 1. The molecular weight excluding hydrogens is 258 g/mol. The fourth-order valence-corrected chi connectivity index (χ4v) is 1.78. The maximum absolute atomic E-state index is 11.8. The van der Waals surface area contributed by atoms with Crippen molar-refractivity contribution in [3.8, 4) is 5.75 Å². The van der Waals surface area contributed by atoms with Gasteiger partial charge in [0, 0.05) is 12.8 Å². The van der Waals surface area contributed by atoms with Crippen LogP contribution in [0.1, 0.15) is 38.2 Å². The van der Waals surface area contributed by atoms with Crippen molar-refractivity contribution in [2.45, 2.75) is 39.5 Å². The van der Waals surface area contributed by atoms with Crippen LogP contribution in [0.2, 0.25) is 0 Å². The van der Waals surface area contributed by atoms with Gasteiger partial charge < -0.3 is 15.2 Å². The molecule has 0 radical (unpaired) electrons. The molecule has 0 aliphatic rings. The molecule has 0 aliphatic heterocycles. The average Bonchev–Trinajstić information content (AvgIpc) is 2.38. The predicted molar refractivity (Wildman–Crippen MR) is 77.1 cm³/mol. The second-order valence-corrected chi connectivity index (χ2v) is 4.58. The molecule has 0 atom stereocenters. The normalized spacial score (nSPS) is 10.1. The van der Waals surface area contributed by atoms with E-state index in [1.54, 1.807) is 0 Å². The molecule has 0 unspecified atom stereocenters. The number of rotatable bonds is 8. The second-order valence-electron chi connectivity index (χ2n) is 4.58. The summed E-state index contributed by atoms with van der Waals surface area (Å²) in [4.78, 5) is 22.2. The molecule has 0 saturated heterocycles. The largest absolute Gasteiger partial charge is 0.492 e. The van der Waals surface area contributed by atoms with Crippen molar-refractivity contribution in [2.24, 2.45) is 0 Å². The molecule has 0 heterocycles. The first-order valence-electron chi connectivity index (χ1n) is 6.78. The van der Waals surface area contributed by atoms with Crippen molar-refractivity contribution in [1.82, 2.24) is 0 Å². The molecule has 0 saturated carbocycles. The fraction of sp³-hybridized carbons (Fsp3) is 0.467. The first-order chi connectivity index (χ1) is 9.52. The third-order valence-corrected chi connectivity index (χ3v) is 2.76. The number of unbranched alkanes of at least 4 members (excludes halogenated alkanes) is 1. The Kier molecular flexibility index (Phi) is 6.56. The third kappa shape index (κ3) is 5.73. The minimum absolute atomic E-state index is 0.0992. The van der Waals surface area contributed by atoms with E-state index in [1.807, 2.05) is 32.0 Å². The monoisotopic (exact) mass is 279 g/mol. The Morgan fingerprint density at radius 1 is 1.25 bits per heavy atom. The van der Waals surface area contributed by atoms with Gasteiger partial charge >= 0.3 is 5.97 Å². The van der Waals surface area contributed by atoms with Crippen LogP contribution in [0.4, 0.5) is 5.69 Å². The highest BCUT2D eigenvalue weighted by atomic mass is 16.5. The fourth-order valence-electron chi connectivity index (χ4n) is 1.78. The van der Waals surface area contributed by atoms with Crippen LogP contribution in [-0.2, 0) is 9.59 Å². The summed E-state index contributed by atoms with van der Waals surface area (Å²) in [5.74, 6) is -0.297. The summed E-state index contributed by atoms with van der Waals surface area (Å²) in [6, 6.07) is 5.60. The number of amides is 1. The van der Waals surface area contributed by atoms with Crippen LogP contribution in [0.15, 0.2) is 18.2 Å². The van der Waals surface area contributed by atoms with Crippen molar-refractivity contribution < 1.29 is 19.4 Å². The Balaban J connectivity index is 2.50. The highest BCUT2D eigenvalue weighted by molar-refractivity contribution is 5.92. The molecule has 1 aromatic rings. The van der Waals surface area contributed by atoms with Gasteiger partial charge in [0.15, 0.2) is 0 Å². The number of nitrogens with one attached hydrogen (secondary N) is 1. The maximum atomic E-state index is 11.8. The van der Waals surface area contributed by atoms with Crippen LogP contribution in [0.5, 0.6) is 5.75 Å². The quantitative estimate of drug-likeness (QED) is 0.717. The molecule has 0 spiro atoms. The minimum atomic E-state index is -0.831. The first kappa shape index (κ1) is 16.0.